The summed E-state index contributed by atoms with van der Waals surface area (Å²) in [5.41, 5.74) is 4.72. The van der Waals surface area contributed by atoms with Crippen LogP contribution >= 0.6 is 11.3 Å². The number of fused-ring (bicyclic) bond motifs is 2. The highest BCUT2D eigenvalue weighted by atomic mass is 32.2. The van der Waals surface area contributed by atoms with Gasteiger partial charge in [0.2, 0.25) is 0 Å². The molecule has 7 aromatic rings. The number of ether oxygens (including phenoxy) is 2. The molecule has 18 nitrogen and oxygen atoms in total. The number of anilines is 2. The third-order valence-corrected chi connectivity index (χ3v) is 27.3. The van der Waals surface area contributed by atoms with E-state index in [1.165, 1.54) is 21.7 Å². The second kappa shape index (κ2) is 27.5. The van der Waals surface area contributed by atoms with Gasteiger partial charge in [-0.05, 0) is 176 Å². The summed E-state index contributed by atoms with van der Waals surface area (Å²) < 4.78 is 55.2. The number of carboxylic acids is 1. The van der Waals surface area contributed by atoms with Crippen LogP contribution in [0.4, 0.5) is 15.7 Å². The smallest absolute Gasteiger partial charge is 0.410 e. The predicted molar refractivity (Wildman–Crippen MR) is 383 cm³/mol. The number of nitrogens with zero attached hydrogens (tertiary/aromatic N) is 6. The van der Waals surface area contributed by atoms with E-state index < -0.39 is 35.4 Å². The number of amides is 2. The van der Waals surface area contributed by atoms with Crippen LogP contribution in [0.2, 0.25) is 5.04 Å². The highest BCUT2D eigenvalue weighted by molar-refractivity contribution is 7.86. The van der Waals surface area contributed by atoms with Gasteiger partial charge in [-0.25, -0.2) is 19.6 Å². The molecule has 4 heterocycles. The van der Waals surface area contributed by atoms with Gasteiger partial charge in [-0.1, -0.05) is 139 Å². The molecule has 4 aromatic carbocycles. The lowest BCUT2D eigenvalue weighted by atomic mass is 9.39. The van der Waals surface area contributed by atoms with Gasteiger partial charge in [0.05, 0.1) is 41.0 Å². The lowest BCUT2D eigenvalue weighted by molar-refractivity contribution is -0.247. The van der Waals surface area contributed by atoms with Crippen molar-refractivity contribution in [2.75, 3.05) is 69.0 Å². The maximum absolute atomic E-state index is 14.5. The minimum Gasteiger partial charge on any atom is -0.476 e. The fraction of sp³-hybridized carbons (Fsp3) is 0.520. The number of carbonyl (C=O) groups excluding carboxylic acids is 2. The summed E-state index contributed by atoms with van der Waals surface area (Å²) in [6.07, 6.45) is 9.86. The maximum Gasteiger partial charge on any atom is 0.410 e. The molecule has 12 rings (SSSR count). The summed E-state index contributed by atoms with van der Waals surface area (Å²) in [7, 11) is -4.84. The number of pyridine rings is 1. The van der Waals surface area contributed by atoms with Crippen molar-refractivity contribution in [1.29, 1.82) is 0 Å². The van der Waals surface area contributed by atoms with E-state index in [1.807, 2.05) is 101 Å². The van der Waals surface area contributed by atoms with E-state index in [0.29, 0.717) is 99.3 Å². The molecule has 2 atom stereocenters. The molecule has 0 saturated heterocycles. The van der Waals surface area contributed by atoms with Gasteiger partial charge in [0.25, 0.3) is 24.3 Å². The monoisotopic (exact) mass is 1360 g/mol. The van der Waals surface area contributed by atoms with Gasteiger partial charge in [-0.2, -0.15) is 13.5 Å². The Labute approximate surface area is 572 Å². The van der Waals surface area contributed by atoms with E-state index in [0.717, 1.165) is 71.1 Å². The van der Waals surface area contributed by atoms with Crippen molar-refractivity contribution in [3.63, 3.8) is 0 Å². The largest absolute Gasteiger partial charge is 0.476 e. The van der Waals surface area contributed by atoms with E-state index in [-0.39, 0.29) is 63.5 Å². The minimum atomic E-state index is -3.82. The standard InChI is InChI=1S/C75H98N8O10S2Si/c1-52-59(57-29-30-63(79-64(57)66(85)86)82-36-31-54-40-53(22-21-35-81(12)68(87)93-69(2,3)4)41-58(60(54)43-82)65(84)80-67-78-61-27-19-20-28-62(61)94-67)42-77-83(52)50-74-45-72(10)44-73(11,46-74)48-75(47-72,49-74)90-38-33-76-34-39-95(88,89)91-51-71(8,9)32-37-92-96(70(5,6)7,55-23-15-13-16-24-55)56-25-17-14-18-26-56/h13-20,23-30,40-42,76H,21-22,31-39,43-51H2,1-12H3,(H,85,86)(H,78,80,84). The van der Waals surface area contributed by atoms with Gasteiger partial charge in [0.1, 0.15) is 11.4 Å². The third kappa shape index (κ3) is 15.8. The first kappa shape index (κ1) is 70.5. The first-order valence-corrected chi connectivity index (χ1v) is 38.3. The molecular formula is C75H98N8O10S2Si. The Morgan fingerprint density at radius 1 is 0.802 bits per heavy atom. The van der Waals surface area contributed by atoms with Crippen LogP contribution in [0.25, 0.3) is 21.3 Å². The molecule has 5 aliphatic rings. The molecular weight excluding hydrogens is 1270 g/mol. The molecule has 96 heavy (non-hydrogen) atoms. The summed E-state index contributed by atoms with van der Waals surface area (Å²) in [5, 5.41) is 25.0. The van der Waals surface area contributed by atoms with Crippen molar-refractivity contribution in [1.82, 2.24) is 30.0 Å². The van der Waals surface area contributed by atoms with Crippen LogP contribution in [0.15, 0.2) is 115 Å². The van der Waals surface area contributed by atoms with Gasteiger partial charge in [0.15, 0.2) is 10.8 Å². The highest BCUT2D eigenvalue weighted by Gasteiger charge is 2.66. The summed E-state index contributed by atoms with van der Waals surface area (Å²) >= 11 is 1.41. The zero-order chi connectivity index (χ0) is 68.7. The van der Waals surface area contributed by atoms with E-state index in [4.69, 9.17) is 28.2 Å². The Balaban J connectivity index is 0.713. The minimum absolute atomic E-state index is 0.0522. The van der Waals surface area contributed by atoms with Gasteiger partial charge in [0, 0.05) is 75.3 Å². The number of hydrogen-bond acceptors (Lipinski definition) is 15. The maximum atomic E-state index is 14.5. The van der Waals surface area contributed by atoms with Crippen LogP contribution in [0.3, 0.4) is 0 Å². The molecule has 514 valence electrons. The number of aryl methyl sites for hydroxylation is 1. The van der Waals surface area contributed by atoms with Gasteiger partial charge >= 0.3 is 12.1 Å². The molecule has 0 spiro atoms. The molecule has 3 aromatic heterocycles. The van der Waals surface area contributed by atoms with E-state index >= 15 is 0 Å². The average Bonchev–Trinajstić information content (AvgIpc) is 1.49. The zero-order valence-corrected chi connectivity index (χ0v) is 60.9. The highest BCUT2D eigenvalue weighted by Crippen LogP contribution is 2.72. The molecule has 4 bridgehead atoms. The Morgan fingerprint density at radius 2 is 1.48 bits per heavy atom. The fourth-order valence-electron chi connectivity index (χ4n) is 16.9. The Bertz CT molecular complexity index is 4000. The van der Waals surface area contributed by atoms with Gasteiger partial charge in [-0.3, -0.25) is 19.0 Å². The van der Waals surface area contributed by atoms with Crippen LogP contribution in [-0.2, 0) is 54.1 Å². The fourth-order valence-corrected chi connectivity index (χ4v) is 23.4. The normalized spacial score (nSPS) is 21.1. The molecule has 21 heteroatoms. The number of aromatic nitrogens is 4. The van der Waals surface area contributed by atoms with Crippen LogP contribution < -0.4 is 25.9 Å². The molecule has 4 saturated carbocycles. The van der Waals surface area contributed by atoms with E-state index in [1.54, 1.807) is 18.1 Å². The number of rotatable bonds is 27. The van der Waals surface area contributed by atoms with Gasteiger partial charge in [-0.15, -0.1) is 0 Å². The Kier molecular flexibility index (Phi) is 20.2. The molecule has 3 N–H and O–H groups in total. The summed E-state index contributed by atoms with van der Waals surface area (Å²) in [6.45, 7) is 26.9. The number of carbonyl (C=O) groups is 3. The van der Waals surface area contributed by atoms with Crippen molar-refractivity contribution in [3.05, 3.63) is 149 Å². The molecule has 2 amide bonds. The number of aromatic carboxylic acids is 1. The Hall–Kier alpha value is -6.85. The van der Waals surface area contributed by atoms with Crippen LogP contribution in [0.1, 0.15) is 164 Å². The molecule has 4 fully saturated rings. The van der Waals surface area contributed by atoms with Crippen molar-refractivity contribution in [2.24, 2.45) is 21.7 Å². The lowest BCUT2D eigenvalue weighted by Gasteiger charge is -2.69. The van der Waals surface area contributed by atoms with Crippen molar-refractivity contribution in [2.45, 2.75) is 170 Å². The van der Waals surface area contributed by atoms with Crippen molar-refractivity contribution < 1.29 is 46.0 Å². The topological polar surface area (TPSA) is 217 Å². The van der Waals surface area contributed by atoms with Crippen molar-refractivity contribution in [3.8, 4) is 11.1 Å². The number of carboxylic acid groups (broad SMARTS) is 1. The first-order chi connectivity index (χ1) is 45.3. The SMILES string of the molecule is Cc1c(-c2ccc(N3CCc4cc(CCCN(C)C(=O)OC(C)(C)C)cc(C(=O)Nc5nc6ccccc6s5)c4C3)nc2C(=O)O)cnn1CC12CC3(C)CC(C)(C1)CC(OCCNCCS(=O)(=O)OCC(C)(C)CCO[Si](c1ccccc1)(c1ccccc1)C(C)(C)C)(C3)C2. The van der Waals surface area contributed by atoms with E-state index in [9.17, 15) is 27.9 Å². The third-order valence-electron chi connectivity index (χ3n) is 20.1. The number of benzene rings is 4. The Morgan fingerprint density at radius 3 is 2.14 bits per heavy atom. The lowest BCUT2D eigenvalue weighted by Crippen LogP contribution is -2.66. The molecule has 0 radical (unpaired) electrons. The predicted octanol–water partition coefficient (Wildman–Crippen LogP) is 13.2. The number of thiazole rings is 1. The molecule has 2 unspecified atom stereocenters. The summed E-state index contributed by atoms with van der Waals surface area (Å²) in [5.74, 6) is -1.10. The average molecular weight is 1360 g/mol. The van der Waals surface area contributed by atoms with Crippen molar-refractivity contribution >= 4 is 79.3 Å². The zero-order valence-electron chi connectivity index (χ0n) is 58.2. The van der Waals surface area contributed by atoms with Crippen LogP contribution in [0, 0.1) is 28.6 Å². The molecule has 4 aliphatic carbocycles. The van der Waals surface area contributed by atoms with E-state index in [2.05, 4.69) is 110 Å². The van der Waals surface area contributed by atoms with Crippen LogP contribution in [0.5, 0.6) is 0 Å². The van der Waals surface area contributed by atoms with Gasteiger partial charge < -0.3 is 34.1 Å². The second-order valence-electron chi connectivity index (χ2n) is 31.5. The summed E-state index contributed by atoms with van der Waals surface area (Å²) in [4.78, 5) is 53.7. The second-order valence-corrected chi connectivity index (χ2v) is 38.6. The number of hydrogen-bond donors (Lipinski definition) is 3. The first-order valence-electron chi connectivity index (χ1n) is 34.0. The number of nitrogens with one attached hydrogen (secondary N) is 2. The molecule has 1 aliphatic heterocycles. The summed E-state index contributed by atoms with van der Waals surface area (Å²) in [6, 6.07) is 36.6. The number of para-hydroxylation sites is 1. The quantitative estimate of drug-likeness (QED) is 0.0248. The van der Waals surface area contributed by atoms with Crippen LogP contribution in [-0.4, -0.2) is 134 Å².